The normalized spacial score (nSPS) is 49.9. The van der Waals surface area contributed by atoms with Gasteiger partial charge in [-0.15, -0.1) is 0 Å². The maximum Gasteiger partial charge on any atom is 0.417 e. The van der Waals surface area contributed by atoms with Crippen LogP contribution in [0.15, 0.2) is 12.2 Å². The predicted molar refractivity (Wildman–Crippen MR) is 116 cm³/mol. The van der Waals surface area contributed by atoms with Crippen molar-refractivity contribution >= 4 is 0 Å². The maximum atomic E-state index is 13.5. The topological polar surface area (TPSA) is 40.5 Å². The zero-order valence-electron chi connectivity index (χ0n) is 19.6. The van der Waals surface area contributed by atoms with Gasteiger partial charge in [-0.3, -0.25) is 0 Å². The largest absolute Gasteiger partial charge is 0.417 e. The molecule has 0 amide bonds. The Morgan fingerprint density at radius 1 is 0.935 bits per heavy atom. The molecule has 0 aromatic carbocycles. The van der Waals surface area contributed by atoms with Crippen LogP contribution in [0.25, 0.3) is 0 Å². The molecule has 0 bridgehead atoms. The van der Waals surface area contributed by atoms with E-state index < -0.39 is 17.9 Å². The summed E-state index contributed by atoms with van der Waals surface area (Å²) in [6.45, 7) is 8.80. The van der Waals surface area contributed by atoms with Crippen molar-refractivity contribution in [2.45, 2.75) is 103 Å². The van der Waals surface area contributed by atoms with Gasteiger partial charge in [0.25, 0.3) is 0 Å². The summed E-state index contributed by atoms with van der Waals surface area (Å²) < 4.78 is 40.6. The molecule has 4 saturated carbocycles. The second-order valence-electron chi connectivity index (χ2n) is 12.0. The van der Waals surface area contributed by atoms with E-state index in [2.05, 4.69) is 20.8 Å². The Bertz CT molecular complexity index is 705. The number of fused-ring (bicyclic) bond motifs is 5. The van der Waals surface area contributed by atoms with Crippen molar-refractivity contribution in [1.29, 1.82) is 0 Å². The van der Waals surface area contributed by atoms with Crippen LogP contribution in [-0.4, -0.2) is 28.1 Å². The van der Waals surface area contributed by atoms with E-state index in [9.17, 15) is 23.4 Å². The molecule has 4 rings (SSSR count). The van der Waals surface area contributed by atoms with Crippen molar-refractivity contribution < 1.29 is 23.4 Å². The van der Waals surface area contributed by atoms with Gasteiger partial charge in [-0.05, 0) is 111 Å². The van der Waals surface area contributed by atoms with Crippen molar-refractivity contribution in [3.63, 3.8) is 0 Å². The second kappa shape index (κ2) is 7.75. The number of hydrogen-bond donors (Lipinski definition) is 2. The first kappa shape index (κ1) is 23.6. The van der Waals surface area contributed by atoms with Gasteiger partial charge in [0, 0.05) is 0 Å². The standard InChI is InChI=1S/C26H41F3O2/c1-5-6-22(30)16(2)19-9-10-20-18-8-7-17-15-25(31,26(27,28)29)14-13-23(17,3)21(18)11-12-24(19,20)4/h5-6,16-22,30-31H,7-15H2,1-4H3/b6-5-/t16-,17+,18-,19+,20-,21-,22+,23-,24+,25+/m0/s1. The van der Waals surface area contributed by atoms with Crippen LogP contribution in [0.2, 0.25) is 0 Å². The lowest BCUT2D eigenvalue weighted by atomic mass is 9.43. The number of rotatable bonds is 3. The molecule has 4 aliphatic carbocycles. The molecule has 0 radical (unpaired) electrons. The Labute approximate surface area is 185 Å². The van der Waals surface area contributed by atoms with Crippen LogP contribution < -0.4 is 0 Å². The van der Waals surface area contributed by atoms with E-state index >= 15 is 0 Å². The molecule has 178 valence electrons. The number of halogens is 3. The van der Waals surface area contributed by atoms with Gasteiger partial charge in [-0.2, -0.15) is 13.2 Å². The summed E-state index contributed by atoms with van der Waals surface area (Å²) in [7, 11) is 0. The quantitative estimate of drug-likeness (QED) is 0.489. The smallest absolute Gasteiger partial charge is 0.389 e. The molecular weight excluding hydrogens is 401 g/mol. The van der Waals surface area contributed by atoms with Crippen molar-refractivity contribution in [1.82, 2.24) is 0 Å². The summed E-state index contributed by atoms with van der Waals surface area (Å²) in [4.78, 5) is 0. The molecule has 0 spiro atoms. The highest BCUT2D eigenvalue weighted by atomic mass is 19.4. The summed E-state index contributed by atoms with van der Waals surface area (Å²) in [5.74, 6) is 2.34. The van der Waals surface area contributed by atoms with Crippen LogP contribution in [0.1, 0.15) is 85.5 Å². The molecule has 0 aliphatic heterocycles. The minimum absolute atomic E-state index is 0.0360. The molecule has 5 heteroatoms. The summed E-state index contributed by atoms with van der Waals surface area (Å²) >= 11 is 0. The third-order valence-corrected chi connectivity index (χ3v) is 10.9. The fourth-order valence-corrected chi connectivity index (χ4v) is 9.02. The molecule has 0 aromatic heterocycles. The highest BCUT2D eigenvalue weighted by molar-refractivity contribution is 5.12. The highest BCUT2D eigenvalue weighted by Gasteiger charge is 2.65. The van der Waals surface area contributed by atoms with E-state index in [1.165, 1.54) is 6.42 Å². The van der Waals surface area contributed by atoms with Gasteiger partial charge in [-0.25, -0.2) is 0 Å². The van der Waals surface area contributed by atoms with Crippen molar-refractivity contribution in [2.75, 3.05) is 0 Å². The first-order chi connectivity index (χ1) is 14.4. The number of alkyl halides is 3. The highest BCUT2D eigenvalue weighted by Crippen LogP contribution is 2.69. The zero-order valence-corrected chi connectivity index (χ0v) is 19.6. The van der Waals surface area contributed by atoms with E-state index in [0.29, 0.717) is 30.1 Å². The average molecular weight is 443 g/mol. The molecule has 31 heavy (non-hydrogen) atoms. The Morgan fingerprint density at radius 2 is 1.61 bits per heavy atom. The third-order valence-electron chi connectivity index (χ3n) is 10.9. The number of hydrogen-bond acceptors (Lipinski definition) is 2. The fraction of sp³-hybridized carbons (Fsp3) is 0.923. The Morgan fingerprint density at radius 3 is 2.26 bits per heavy atom. The molecule has 0 heterocycles. The molecule has 4 aliphatic rings. The van der Waals surface area contributed by atoms with E-state index in [-0.39, 0.29) is 35.5 Å². The summed E-state index contributed by atoms with van der Waals surface area (Å²) in [5, 5.41) is 21.0. The monoisotopic (exact) mass is 442 g/mol. The van der Waals surface area contributed by atoms with Crippen LogP contribution in [-0.2, 0) is 0 Å². The molecule has 0 saturated heterocycles. The average Bonchev–Trinajstić information content (AvgIpc) is 3.04. The molecule has 2 nitrogen and oxygen atoms in total. The lowest BCUT2D eigenvalue weighted by Crippen LogP contribution is -2.59. The maximum absolute atomic E-state index is 13.5. The first-order valence-corrected chi connectivity index (χ1v) is 12.5. The number of aliphatic hydroxyl groups excluding tert-OH is 1. The van der Waals surface area contributed by atoms with Crippen LogP contribution in [0.5, 0.6) is 0 Å². The molecule has 4 fully saturated rings. The third kappa shape index (κ3) is 3.52. The fourth-order valence-electron chi connectivity index (χ4n) is 9.02. The Kier molecular flexibility index (Phi) is 5.90. The van der Waals surface area contributed by atoms with Gasteiger partial charge in [-0.1, -0.05) is 32.9 Å². The first-order valence-electron chi connectivity index (χ1n) is 12.5. The summed E-state index contributed by atoms with van der Waals surface area (Å²) in [6, 6.07) is 0. The van der Waals surface area contributed by atoms with Gasteiger partial charge < -0.3 is 10.2 Å². The Balaban J connectivity index is 1.54. The molecule has 0 aromatic rings. The molecular formula is C26H41F3O2. The van der Waals surface area contributed by atoms with Crippen molar-refractivity contribution in [3.05, 3.63) is 12.2 Å². The van der Waals surface area contributed by atoms with E-state index in [4.69, 9.17) is 0 Å². The van der Waals surface area contributed by atoms with Crippen molar-refractivity contribution in [2.24, 2.45) is 46.3 Å². The van der Waals surface area contributed by atoms with Crippen LogP contribution in [0.3, 0.4) is 0 Å². The van der Waals surface area contributed by atoms with E-state index in [0.717, 1.165) is 32.1 Å². The lowest BCUT2D eigenvalue weighted by molar-refractivity contribution is -0.290. The molecule has 10 atom stereocenters. The number of aliphatic hydroxyl groups is 2. The number of allylic oxidation sites excluding steroid dienone is 1. The minimum Gasteiger partial charge on any atom is -0.389 e. The Hall–Kier alpha value is -0.550. The lowest BCUT2D eigenvalue weighted by Gasteiger charge is -2.62. The van der Waals surface area contributed by atoms with Crippen LogP contribution in [0, 0.1) is 46.3 Å². The predicted octanol–water partition coefficient (Wildman–Crippen LogP) is 6.51. The van der Waals surface area contributed by atoms with Gasteiger partial charge in [0.15, 0.2) is 5.60 Å². The van der Waals surface area contributed by atoms with Gasteiger partial charge in [0.2, 0.25) is 0 Å². The van der Waals surface area contributed by atoms with Crippen LogP contribution in [0.4, 0.5) is 13.2 Å². The summed E-state index contributed by atoms with van der Waals surface area (Å²) in [5.41, 5.74) is -2.37. The summed E-state index contributed by atoms with van der Waals surface area (Å²) in [6.07, 6.45) is 5.45. The van der Waals surface area contributed by atoms with Crippen LogP contribution >= 0.6 is 0 Å². The molecule has 2 N–H and O–H groups in total. The van der Waals surface area contributed by atoms with E-state index in [1.807, 2.05) is 19.1 Å². The van der Waals surface area contributed by atoms with Gasteiger partial charge >= 0.3 is 6.18 Å². The van der Waals surface area contributed by atoms with Crippen molar-refractivity contribution in [3.8, 4) is 0 Å². The molecule has 0 unspecified atom stereocenters. The second-order valence-corrected chi connectivity index (χ2v) is 12.0. The van der Waals surface area contributed by atoms with Gasteiger partial charge in [0.1, 0.15) is 0 Å². The van der Waals surface area contributed by atoms with E-state index in [1.54, 1.807) is 0 Å². The SMILES string of the molecule is C/C=C\[C@@H](O)[C@@H](C)[C@H]1CC[C@H]2[C@@H]3CC[C@@H]4C[C@@](O)(C(F)(F)F)CC[C@]4(C)[C@H]3CC[C@]12C. The minimum atomic E-state index is -4.53. The zero-order chi connectivity index (χ0) is 22.8. The van der Waals surface area contributed by atoms with Gasteiger partial charge in [0.05, 0.1) is 6.10 Å².